The Labute approximate surface area is 119 Å². The summed E-state index contributed by atoms with van der Waals surface area (Å²) in [6.45, 7) is 6.68. The summed E-state index contributed by atoms with van der Waals surface area (Å²) in [4.78, 5) is 36.6. The third-order valence-electron chi connectivity index (χ3n) is 3.96. The van der Waals surface area contributed by atoms with E-state index in [1.165, 1.54) is 0 Å². The molecule has 1 aliphatic rings. The Morgan fingerprint density at radius 3 is 2.20 bits per heavy atom. The van der Waals surface area contributed by atoms with Crippen LogP contribution in [0.4, 0.5) is 0 Å². The average molecular weight is 284 g/mol. The second-order valence-electron chi connectivity index (χ2n) is 5.29. The third kappa shape index (κ3) is 3.95. The first-order valence-corrected chi connectivity index (χ1v) is 7.22. The van der Waals surface area contributed by atoms with E-state index in [-0.39, 0.29) is 17.7 Å². The second-order valence-corrected chi connectivity index (χ2v) is 5.29. The highest BCUT2D eigenvalue weighted by molar-refractivity contribution is 5.88. The number of amides is 2. The van der Waals surface area contributed by atoms with E-state index < -0.39 is 17.9 Å². The lowest BCUT2D eigenvalue weighted by atomic mass is 10.0. The van der Waals surface area contributed by atoms with E-state index >= 15 is 0 Å². The van der Waals surface area contributed by atoms with Crippen molar-refractivity contribution in [2.24, 2.45) is 11.8 Å². The molecule has 1 rings (SSSR count). The van der Waals surface area contributed by atoms with Crippen molar-refractivity contribution in [1.29, 1.82) is 0 Å². The Bertz CT molecular complexity index is 379. The van der Waals surface area contributed by atoms with Crippen molar-refractivity contribution in [3.05, 3.63) is 0 Å². The van der Waals surface area contributed by atoms with Gasteiger partial charge in [0.05, 0.1) is 5.92 Å². The van der Waals surface area contributed by atoms with Crippen LogP contribution < -0.4 is 5.32 Å². The summed E-state index contributed by atoms with van der Waals surface area (Å²) in [5, 5.41) is 11.6. The second kappa shape index (κ2) is 7.26. The predicted octanol–water partition coefficient (Wildman–Crippen LogP) is 0.860. The lowest BCUT2D eigenvalue weighted by Crippen LogP contribution is -2.48. The standard InChI is InChI=1S/C14H24N2O4/c1-4-16(5-2)13(18)9(3)15-12(17)10-6-7-11(8-10)14(19)20/h9-11H,4-8H2,1-3H3,(H,15,17)(H,19,20)/t9?,10-,11+/m1/s1. The van der Waals surface area contributed by atoms with Crippen molar-refractivity contribution in [1.82, 2.24) is 10.2 Å². The van der Waals surface area contributed by atoms with Crippen molar-refractivity contribution in [2.75, 3.05) is 13.1 Å². The normalized spacial score (nSPS) is 23.1. The van der Waals surface area contributed by atoms with E-state index in [4.69, 9.17) is 5.11 Å². The fourth-order valence-corrected chi connectivity index (χ4v) is 2.65. The van der Waals surface area contributed by atoms with Gasteiger partial charge in [-0.05, 0) is 40.0 Å². The molecule has 0 aromatic heterocycles. The highest BCUT2D eigenvalue weighted by Crippen LogP contribution is 2.31. The maximum atomic E-state index is 12.1. The molecule has 20 heavy (non-hydrogen) atoms. The lowest BCUT2D eigenvalue weighted by Gasteiger charge is -2.24. The molecule has 6 nitrogen and oxygen atoms in total. The summed E-state index contributed by atoms with van der Waals surface area (Å²) < 4.78 is 0. The lowest BCUT2D eigenvalue weighted by molar-refractivity contribution is -0.141. The van der Waals surface area contributed by atoms with Gasteiger partial charge in [0.15, 0.2) is 0 Å². The van der Waals surface area contributed by atoms with E-state index in [2.05, 4.69) is 5.32 Å². The molecule has 1 fully saturated rings. The smallest absolute Gasteiger partial charge is 0.306 e. The monoisotopic (exact) mass is 284 g/mol. The van der Waals surface area contributed by atoms with E-state index in [0.717, 1.165) is 0 Å². The van der Waals surface area contributed by atoms with E-state index in [1.807, 2.05) is 13.8 Å². The molecule has 0 aromatic rings. The highest BCUT2D eigenvalue weighted by Gasteiger charge is 2.34. The average Bonchev–Trinajstić information content (AvgIpc) is 2.89. The number of nitrogens with one attached hydrogen (secondary N) is 1. The van der Waals surface area contributed by atoms with Crippen molar-refractivity contribution < 1.29 is 19.5 Å². The molecular formula is C14H24N2O4. The Morgan fingerprint density at radius 2 is 1.75 bits per heavy atom. The number of carboxylic acids is 1. The van der Waals surface area contributed by atoms with Gasteiger partial charge in [0, 0.05) is 19.0 Å². The molecule has 0 bridgehead atoms. The zero-order valence-corrected chi connectivity index (χ0v) is 12.4. The number of carboxylic acid groups (broad SMARTS) is 1. The number of hydrogen-bond donors (Lipinski definition) is 2. The van der Waals surface area contributed by atoms with Crippen LogP contribution in [0.1, 0.15) is 40.0 Å². The molecule has 2 amide bonds. The van der Waals surface area contributed by atoms with Crippen molar-refractivity contribution in [3.8, 4) is 0 Å². The Hall–Kier alpha value is -1.59. The third-order valence-corrected chi connectivity index (χ3v) is 3.96. The maximum Gasteiger partial charge on any atom is 0.306 e. The number of hydrogen-bond acceptors (Lipinski definition) is 3. The zero-order chi connectivity index (χ0) is 15.3. The van der Waals surface area contributed by atoms with Crippen LogP contribution >= 0.6 is 0 Å². The van der Waals surface area contributed by atoms with Crippen LogP contribution in [0.3, 0.4) is 0 Å². The molecule has 6 heteroatoms. The summed E-state index contributed by atoms with van der Waals surface area (Å²) in [6, 6.07) is -0.564. The fourth-order valence-electron chi connectivity index (χ4n) is 2.65. The quantitative estimate of drug-likeness (QED) is 0.757. The van der Waals surface area contributed by atoms with Gasteiger partial charge in [-0.25, -0.2) is 0 Å². The number of rotatable bonds is 6. The summed E-state index contributed by atoms with van der Waals surface area (Å²) >= 11 is 0. The van der Waals surface area contributed by atoms with Crippen molar-refractivity contribution >= 4 is 17.8 Å². The fraction of sp³-hybridized carbons (Fsp3) is 0.786. The van der Waals surface area contributed by atoms with Gasteiger partial charge in [-0.3, -0.25) is 14.4 Å². The first kappa shape index (κ1) is 16.5. The molecular weight excluding hydrogens is 260 g/mol. The van der Waals surface area contributed by atoms with E-state index in [1.54, 1.807) is 11.8 Å². The molecule has 0 aliphatic heterocycles. The molecule has 0 heterocycles. The van der Waals surface area contributed by atoms with Crippen LogP contribution in [0.5, 0.6) is 0 Å². The highest BCUT2D eigenvalue weighted by atomic mass is 16.4. The summed E-state index contributed by atoms with van der Waals surface area (Å²) in [7, 11) is 0. The van der Waals surface area contributed by atoms with Gasteiger partial charge in [0.2, 0.25) is 11.8 Å². The van der Waals surface area contributed by atoms with Crippen LogP contribution in [0.15, 0.2) is 0 Å². The van der Waals surface area contributed by atoms with Crippen LogP contribution in [0, 0.1) is 11.8 Å². The SMILES string of the molecule is CCN(CC)C(=O)C(C)NC(=O)[C@@H]1CC[C@H](C(=O)O)C1. The molecule has 1 saturated carbocycles. The number of carbonyl (C=O) groups is 3. The van der Waals surface area contributed by atoms with Gasteiger partial charge >= 0.3 is 5.97 Å². The minimum absolute atomic E-state index is 0.101. The van der Waals surface area contributed by atoms with E-state index in [0.29, 0.717) is 32.4 Å². The zero-order valence-electron chi connectivity index (χ0n) is 12.4. The molecule has 0 radical (unpaired) electrons. The summed E-state index contributed by atoms with van der Waals surface area (Å²) in [5.41, 5.74) is 0. The van der Waals surface area contributed by atoms with Crippen LogP contribution in [0.25, 0.3) is 0 Å². The minimum atomic E-state index is -0.840. The summed E-state index contributed by atoms with van der Waals surface area (Å²) in [5.74, 6) is -1.87. The Balaban J connectivity index is 2.50. The predicted molar refractivity (Wildman–Crippen MR) is 74.0 cm³/mol. The molecule has 0 spiro atoms. The van der Waals surface area contributed by atoms with Crippen molar-refractivity contribution in [2.45, 2.75) is 46.1 Å². The number of likely N-dealkylation sites (N-methyl/N-ethyl adjacent to an activating group) is 1. The molecule has 1 unspecified atom stereocenters. The van der Waals surface area contributed by atoms with Gasteiger partial charge in [0.25, 0.3) is 0 Å². The topological polar surface area (TPSA) is 86.7 Å². The van der Waals surface area contributed by atoms with Crippen molar-refractivity contribution in [3.63, 3.8) is 0 Å². The first-order chi connectivity index (χ1) is 9.40. The van der Waals surface area contributed by atoms with Gasteiger partial charge in [-0.2, -0.15) is 0 Å². The van der Waals surface area contributed by atoms with Crippen LogP contribution in [-0.2, 0) is 14.4 Å². The molecule has 2 N–H and O–H groups in total. The minimum Gasteiger partial charge on any atom is -0.481 e. The number of aliphatic carboxylic acids is 1. The maximum absolute atomic E-state index is 12.1. The van der Waals surface area contributed by atoms with Crippen LogP contribution in [0.2, 0.25) is 0 Å². The summed E-state index contributed by atoms with van der Waals surface area (Å²) in [6.07, 6.45) is 1.48. The van der Waals surface area contributed by atoms with Gasteiger partial charge in [0.1, 0.15) is 6.04 Å². The van der Waals surface area contributed by atoms with Gasteiger partial charge in [-0.15, -0.1) is 0 Å². The number of carbonyl (C=O) groups excluding carboxylic acids is 2. The van der Waals surface area contributed by atoms with Crippen LogP contribution in [-0.4, -0.2) is 46.9 Å². The first-order valence-electron chi connectivity index (χ1n) is 7.22. The Morgan fingerprint density at radius 1 is 1.20 bits per heavy atom. The number of nitrogens with zero attached hydrogens (tertiary/aromatic N) is 1. The van der Waals surface area contributed by atoms with Gasteiger partial charge in [-0.1, -0.05) is 0 Å². The largest absolute Gasteiger partial charge is 0.481 e. The molecule has 0 aromatic carbocycles. The molecule has 114 valence electrons. The Kier molecular flexibility index (Phi) is 5.98. The molecule has 0 saturated heterocycles. The molecule has 3 atom stereocenters. The van der Waals surface area contributed by atoms with Gasteiger partial charge < -0.3 is 15.3 Å². The van der Waals surface area contributed by atoms with E-state index in [9.17, 15) is 14.4 Å². The molecule has 1 aliphatic carbocycles.